The third-order valence-electron chi connectivity index (χ3n) is 2.99. The lowest BCUT2D eigenvalue weighted by molar-refractivity contribution is -0.141. The van der Waals surface area contributed by atoms with Crippen molar-refractivity contribution in [2.75, 3.05) is 6.61 Å². The summed E-state index contributed by atoms with van der Waals surface area (Å²) >= 11 is 0. The van der Waals surface area contributed by atoms with Gasteiger partial charge in [-0.3, -0.25) is 14.4 Å². The maximum absolute atomic E-state index is 11.7. The Morgan fingerprint density at radius 2 is 1.75 bits per heavy atom. The number of hydrogen-bond donors (Lipinski definition) is 2. The van der Waals surface area contributed by atoms with Crippen molar-refractivity contribution in [3.05, 3.63) is 35.9 Å². The lowest BCUT2D eigenvalue weighted by atomic mass is 10.2. The first-order valence-electron chi connectivity index (χ1n) is 7.79. The van der Waals surface area contributed by atoms with Gasteiger partial charge in [-0.15, -0.1) is 0 Å². The summed E-state index contributed by atoms with van der Waals surface area (Å²) in [5, 5.41) is 6.55. The van der Waals surface area contributed by atoms with E-state index in [2.05, 4.69) is 15.8 Å². The summed E-state index contributed by atoms with van der Waals surface area (Å²) in [6, 6.07) is 9.51. The van der Waals surface area contributed by atoms with Gasteiger partial charge in [0, 0.05) is 25.1 Å². The van der Waals surface area contributed by atoms with Crippen molar-refractivity contribution >= 4 is 23.5 Å². The van der Waals surface area contributed by atoms with Gasteiger partial charge in [0.15, 0.2) is 0 Å². The highest BCUT2D eigenvalue weighted by Crippen LogP contribution is 1.98. The molecule has 0 unspecified atom stereocenters. The van der Waals surface area contributed by atoms with E-state index in [1.165, 1.54) is 0 Å². The van der Waals surface area contributed by atoms with Crippen LogP contribution in [0.1, 0.15) is 38.7 Å². The Bertz CT molecular complexity index is 585. The number of hydrogen-bond acceptors (Lipinski definition) is 5. The molecule has 0 aromatic heterocycles. The zero-order chi connectivity index (χ0) is 17.8. The topological polar surface area (TPSA) is 96.9 Å². The summed E-state index contributed by atoms with van der Waals surface area (Å²) in [4.78, 5) is 34.5. The average molecular weight is 333 g/mol. The zero-order valence-electron chi connectivity index (χ0n) is 14.0. The number of nitrogens with one attached hydrogen (secondary N) is 2. The second kappa shape index (κ2) is 10.9. The first-order valence-corrected chi connectivity index (χ1v) is 7.79. The first kappa shape index (κ1) is 19.3. The molecule has 0 atom stereocenters. The highest BCUT2D eigenvalue weighted by atomic mass is 16.5. The fourth-order valence-corrected chi connectivity index (χ4v) is 1.79. The van der Waals surface area contributed by atoms with E-state index in [0.29, 0.717) is 18.9 Å². The SMILES string of the molecule is CCOC(=O)CC(C)=NNC(=O)CCC(=O)NCc1ccccc1. The Morgan fingerprint density at radius 1 is 1.08 bits per heavy atom. The largest absolute Gasteiger partial charge is 0.466 e. The van der Waals surface area contributed by atoms with Gasteiger partial charge >= 0.3 is 5.97 Å². The van der Waals surface area contributed by atoms with E-state index >= 15 is 0 Å². The molecule has 7 heteroatoms. The van der Waals surface area contributed by atoms with Crippen LogP contribution in [0.15, 0.2) is 35.4 Å². The van der Waals surface area contributed by atoms with Crippen LogP contribution in [0.3, 0.4) is 0 Å². The minimum atomic E-state index is -0.395. The molecular formula is C17H23N3O4. The Labute approximate surface area is 141 Å². The number of rotatable bonds is 9. The van der Waals surface area contributed by atoms with Crippen LogP contribution >= 0.6 is 0 Å². The van der Waals surface area contributed by atoms with Crippen LogP contribution in [0.4, 0.5) is 0 Å². The second-order valence-electron chi connectivity index (χ2n) is 5.13. The molecule has 7 nitrogen and oxygen atoms in total. The number of hydrazone groups is 1. The van der Waals surface area contributed by atoms with Gasteiger partial charge in [0.05, 0.1) is 13.0 Å². The van der Waals surface area contributed by atoms with Crippen molar-refractivity contribution in [2.24, 2.45) is 5.10 Å². The van der Waals surface area contributed by atoms with Crippen LogP contribution in [-0.2, 0) is 25.7 Å². The van der Waals surface area contributed by atoms with Crippen LogP contribution < -0.4 is 10.7 Å². The summed E-state index contributed by atoms with van der Waals surface area (Å²) in [5.41, 5.74) is 3.76. The Kier molecular flexibility index (Phi) is 8.81. The molecule has 0 bridgehead atoms. The molecule has 0 fully saturated rings. The fourth-order valence-electron chi connectivity index (χ4n) is 1.79. The van der Waals surface area contributed by atoms with Gasteiger partial charge in [-0.1, -0.05) is 30.3 Å². The first-order chi connectivity index (χ1) is 11.5. The van der Waals surface area contributed by atoms with Crippen LogP contribution in [-0.4, -0.2) is 30.1 Å². The summed E-state index contributed by atoms with van der Waals surface area (Å²) < 4.78 is 4.78. The van der Waals surface area contributed by atoms with Gasteiger partial charge in [-0.2, -0.15) is 5.10 Å². The van der Waals surface area contributed by atoms with Crippen molar-refractivity contribution in [3.8, 4) is 0 Å². The van der Waals surface area contributed by atoms with Crippen LogP contribution in [0, 0.1) is 0 Å². The molecule has 0 aliphatic carbocycles. The van der Waals surface area contributed by atoms with E-state index in [0.717, 1.165) is 5.56 Å². The molecule has 0 radical (unpaired) electrons. The van der Waals surface area contributed by atoms with Gasteiger partial charge in [-0.25, -0.2) is 5.43 Å². The molecule has 0 aliphatic heterocycles. The normalized spacial score (nSPS) is 10.8. The molecule has 1 aromatic rings. The predicted octanol–water partition coefficient (Wildman–Crippen LogP) is 1.53. The molecule has 0 saturated heterocycles. The molecule has 0 saturated carbocycles. The van der Waals surface area contributed by atoms with Gasteiger partial charge < -0.3 is 10.1 Å². The van der Waals surface area contributed by atoms with E-state index < -0.39 is 5.97 Å². The number of carbonyl (C=O) groups is 3. The molecule has 0 spiro atoms. The molecule has 0 aliphatic rings. The van der Waals surface area contributed by atoms with Gasteiger partial charge in [0.1, 0.15) is 0 Å². The van der Waals surface area contributed by atoms with Crippen molar-refractivity contribution in [1.82, 2.24) is 10.7 Å². The Morgan fingerprint density at radius 3 is 2.42 bits per heavy atom. The second-order valence-corrected chi connectivity index (χ2v) is 5.13. The molecule has 1 rings (SSSR count). The number of amides is 2. The molecule has 2 amide bonds. The number of nitrogens with zero attached hydrogens (tertiary/aromatic N) is 1. The Balaban J connectivity index is 2.23. The van der Waals surface area contributed by atoms with Crippen molar-refractivity contribution in [3.63, 3.8) is 0 Å². The molecule has 130 valence electrons. The van der Waals surface area contributed by atoms with E-state index in [9.17, 15) is 14.4 Å². The highest BCUT2D eigenvalue weighted by molar-refractivity contribution is 5.98. The van der Waals surface area contributed by atoms with Crippen LogP contribution in [0.2, 0.25) is 0 Å². The third kappa shape index (κ3) is 8.67. The van der Waals surface area contributed by atoms with Crippen molar-refractivity contribution in [2.45, 2.75) is 39.7 Å². The zero-order valence-corrected chi connectivity index (χ0v) is 14.0. The number of carbonyl (C=O) groups excluding carboxylic acids is 3. The minimum absolute atomic E-state index is 0.0195. The standard InChI is InChI=1S/C17H23N3O4/c1-3-24-17(23)11-13(2)19-20-16(22)10-9-15(21)18-12-14-7-5-4-6-8-14/h4-8H,3,9-12H2,1-2H3,(H,18,21)(H,20,22). The molecule has 1 aromatic carbocycles. The monoisotopic (exact) mass is 333 g/mol. The third-order valence-corrected chi connectivity index (χ3v) is 2.99. The molecule has 0 heterocycles. The lowest BCUT2D eigenvalue weighted by Gasteiger charge is -2.05. The van der Waals surface area contributed by atoms with Gasteiger partial charge in [-0.05, 0) is 19.4 Å². The predicted molar refractivity (Wildman–Crippen MR) is 90.0 cm³/mol. The van der Waals surface area contributed by atoms with E-state index in [-0.39, 0.29) is 31.1 Å². The summed E-state index contributed by atoms with van der Waals surface area (Å²) in [6.45, 7) is 4.06. The van der Waals surface area contributed by atoms with Gasteiger partial charge in [0.2, 0.25) is 11.8 Å². The van der Waals surface area contributed by atoms with Crippen LogP contribution in [0.25, 0.3) is 0 Å². The Hall–Kier alpha value is -2.70. The lowest BCUT2D eigenvalue weighted by Crippen LogP contribution is -2.26. The van der Waals surface area contributed by atoms with E-state index in [4.69, 9.17) is 4.74 Å². The fraction of sp³-hybridized carbons (Fsp3) is 0.412. The maximum Gasteiger partial charge on any atom is 0.311 e. The smallest absolute Gasteiger partial charge is 0.311 e. The maximum atomic E-state index is 11.7. The van der Waals surface area contributed by atoms with Crippen molar-refractivity contribution in [1.29, 1.82) is 0 Å². The summed E-state index contributed by atoms with van der Waals surface area (Å²) in [6.07, 6.45) is 0.119. The highest BCUT2D eigenvalue weighted by Gasteiger charge is 2.08. The molecule has 2 N–H and O–H groups in total. The van der Waals surface area contributed by atoms with E-state index in [1.807, 2.05) is 30.3 Å². The summed E-state index contributed by atoms with van der Waals surface area (Å²) in [7, 11) is 0. The van der Waals surface area contributed by atoms with E-state index in [1.54, 1.807) is 13.8 Å². The number of ether oxygens (including phenoxy) is 1. The summed E-state index contributed by atoms with van der Waals surface area (Å²) in [5.74, 6) is -0.984. The van der Waals surface area contributed by atoms with Crippen LogP contribution in [0.5, 0.6) is 0 Å². The molecule has 24 heavy (non-hydrogen) atoms. The number of esters is 1. The molecular weight excluding hydrogens is 310 g/mol. The number of benzene rings is 1. The quantitative estimate of drug-likeness (QED) is 0.407. The average Bonchev–Trinajstić information content (AvgIpc) is 2.57. The van der Waals surface area contributed by atoms with Crippen molar-refractivity contribution < 1.29 is 19.1 Å². The minimum Gasteiger partial charge on any atom is -0.466 e. The van der Waals surface area contributed by atoms with Gasteiger partial charge in [0.25, 0.3) is 0 Å².